The van der Waals surface area contributed by atoms with Gasteiger partial charge in [-0.3, -0.25) is 9.59 Å². The number of nitrogens with one attached hydrogen (secondary N) is 1. The van der Waals surface area contributed by atoms with Crippen LogP contribution in [0, 0.1) is 5.92 Å². The second-order valence-corrected chi connectivity index (χ2v) is 8.81. The fourth-order valence-electron chi connectivity index (χ4n) is 5.04. The van der Waals surface area contributed by atoms with Gasteiger partial charge in [0.1, 0.15) is 6.17 Å². The maximum Gasteiger partial charge on any atom is 0.255 e. The van der Waals surface area contributed by atoms with Gasteiger partial charge >= 0.3 is 0 Å². The molecule has 0 bridgehead atoms. The Morgan fingerprint density at radius 3 is 2.35 bits per heavy atom. The molecule has 1 aliphatic carbocycles. The third kappa shape index (κ3) is 3.99. The van der Waals surface area contributed by atoms with Gasteiger partial charge in [-0.05, 0) is 30.6 Å². The molecule has 0 radical (unpaired) electrons. The van der Waals surface area contributed by atoms with Crippen LogP contribution < -0.4 is 5.32 Å². The van der Waals surface area contributed by atoms with Crippen molar-refractivity contribution in [2.75, 3.05) is 26.2 Å². The summed E-state index contributed by atoms with van der Waals surface area (Å²) in [5.74, 6) is 0.536. The third-order valence-corrected chi connectivity index (χ3v) is 6.85. The van der Waals surface area contributed by atoms with Gasteiger partial charge in [0.25, 0.3) is 5.91 Å². The summed E-state index contributed by atoms with van der Waals surface area (Å²) < 4.78 is 0. The van der Waals surface area contributed by atoms with Crippen molar-refractivity contribution in [3.8, 4) is 0 Å². The monoisotopic (exact) mass is 418 g/mol. The van der Waals surface area contributed by atoms with E-state index in [-0.39, 0.29) is 18.0 Å². The lowest BCUT2D eigenvalue weighted by Crippen LogP contribution is -2.52. The number of benzene rings is 1. The lowest BCUT2D eigenvalue weighted by Gasteiger charge is -2.37. The highest BCUT2D eigenvalue weighted by atomic mass is 16.2. The number of hydrogen-bond donors (Lipinski definition) is 1. The van der Waals surface area contributed by atoms with Crippen molar-refractivity contribution in [3.05, 3.63) is 66.0 Å². The molecule has 0 spiro atoms. The Bertz CT molecular complexity index is 922. The molecule has 1 saturated carbocycles. The van der Waals surface area contributed by atoms with Crippen LogP contribution >= 0.6 is 0 Å². The first-order valence-electron chi connectivity index (χ1n) is 11.5. The Kier molecular flexibility index (Phi) is 5.53. The molecule has 1 aromatic carbocycles. The van der Waals surface area contributed by atoms with E-state index in [4.69, 9.17) is 0 Å². The van der Waals surface area contributed by atoms with E-state index in [1.165, 1.54) is 19.3 Å². The molecule has 3 heterocycles. The highest BCUT2D eigenvalue weighted by Crippen LogP contribution is 2.30. The third-order valence-electron chi connectivity index (χ3n) is 6.85. The van der Waals surface area contributed by atoms with Crippen LogP contribution in [0.3, 0.4) is 0 Å². The fourth-order valence-corrected chi connectivity index (χ4v) is 5.04. The Hall–Kier alpha value is -3.02. The Morgan fingerprint density at radius 2 is 1.61 bits per heavy atom. The molecule has 6 heteroatoms. The zero-order valence-electron chi connectivity index (χ0n) is 17.9. The first-order valence-corrected chi connectivity index (χ1v) is 11.5. The van der Waals surface area contributed by atoms with Gasteiger partial charge in [0.15, 0.2) is 0 Å². The standard InChI is InChI=1S/C25H30N4O2/c30-24(20-9-5-2-6-10-20)27-13-15-28(16-14-27)25(31)21-11-12-23-26-17-22(29(23)18-21)19-7-3-1-4-8-19/h1,3-4,7-8,11-12,17-18,20,23,26H,2,5-6,9-10,13-16H2. The molecule has 1 atom stereocenters. The minimum absolute atomic E-state index is 0.0386. The molecule has 1 aromatic rings. The largest absolute Gasteiger partial charge is 0.366 e. The predicted molar refractivity (Wildman–Crippen MR) is 120 cm³/mol. The van der Waals surface area contributed by atoms with Gasteiger partial charge in [0.2, 0.25) is 5.91 Å². The molecular weight excluding hydrogens is 388 g/mol. The van der Waals surface area contributed by atoms with Crippen LogP contribution in [0.1, 0.15) is 37.7 Å². The van der Waals surface area contributed by atoms with Gasteiger partial charge < -0.3 is 20.0 Å². The first kappa shape index (κ1) is 19.9. The average molecular weight is 419 g/mol. The van der Waals surface area contributed by atoms with E-state index in [0.29, 0.717) is 37.7 Å². The number of carbonyl (C=O) groups excluding carboxylic acids is 2. The van der Waals surface area contributed by atoms with Gasteiger partial charge in [-0.15, -0.1) is 0 Å². The molecule has 6 nitrogen and oxygen atoms in total. The molecule has 2 amide bonds. The maximum atomic E-state index is 13.2. The van der Waals surface area contributed by atoms with Crippen LogP contribution in [0.15, 0.2) is 60.5 Å². The molecule has 2 fully saturated rings. The quantitative estimate of drug-likeness (QED) is 0.820. The molecule has 0 aromatic heterocycles. The van der Waals surface area contributed by atoms with Gasteiger partial charge in [-0.1, -0.05) is 49.6 Å². The van der Waals surface area contributed by atoms with Gasteiger partial charge in [0, 0.05) is 44.5 Å². The number of fused-ring (bicyclic) bond motifs is 1. The number of carbonyl (C=O) groups is 2. The summed E-state index contributed by atoms with van der Waals surface area (Å²) in [5, 5.41) is 3.36. The van der Waals surface area contributed by atoms with Crippen LogP contribution in [0.25, 0.3) is 5.70 Å². The number of hydrogen-bond acceptors (Lipinski definition) is 4. The summed E-state index contributed by atoms with van der Waals surface area (Å²) in [6, 6.07) is 10.2. The lowest BCUT2D eigenvalue weighted by atomic mass is 9.88. The van der Waals surface area contributed by atoms with Crippen LogP contribution in [-0.2, 0) is 9.59 Å². The van der Waals surface area contributed by atoms with Crippen molar-refractivity contribution in [3.63, 3.8) is 0 Å². The molecule has 3 aliphatic heterocycles. The van der Waals surface area contributed by atoms with Gasteiger partial charge in [-0.25, -0.2) is 0 Å². The summed E-state index contributed by atoms with van der Waals surface area (Å²) in [4.78, 5) is 32.0. The van der Waals surface area contributed by atoms with Gasteiger partial charge in [-0.2, -0.15) is 0 Å². The van der Waals surface area contributed by atoms with E-state index in [1.54, 1.807) is 0 Å². The van der Waals surface area contributed by atoms with E-state index in [0.717, 1.165) is 24.1 Å². The second-order valence-electron chi connectivity index (χ2n) is 8.81. The predicted octanol–water partition coefficient (Wildman–Crippen LogP) is 2.92. The maximum absolute atomic E-state index is 13.2. The number of rotatable bonds is 3. The van der Waals surface area contributed by atoms with E-state index >= 15 is 0 Å². The van der Waals surface area contributed by atoms with Crippen molar-refractivity contribution in [1.29, 1.82) is 0 Å². The van der Waals surface area contributed by atoms with Gasteiger partial charge in [0.05, 0.1) is 11.3 Å². The molecule has 31 heavy (non-hydrogen) atoms. The topological polar surface area (TPSA) is 55.9 Å². The average Bonchev–Trinajstić information content (AvgIpc) is 3.27. The Labute approximate surface area is 183 Å². The van der Waals surface area contributed by atoms with E-state index in [9.17, 15) is 9.59 Å². The normalized spacial score (nSPS) is 23.7. The van der Waals surface area contributed by atoms with Crippen LogP contribution in [-0.4, -0.2) is 58.9 Å². The highest BCUT2D eigenvalue weighted by Gasteiger charge is 2.32. The molecule has 4 aliphatic rings. The van der Waals surface area contributed by atoms with Crippen LogP contribution in [0.2, 0.25) is 0 Å². The summed E-state index contributed by atoms with van der Waals surface area (Å²) in [6.45, 7) is 2.49. The van der Waals surface area contributed by atoms with Crippen molar-refractivity contribution < 1.29 is 9.59 Å². The van der Waals surface area contributed by atoms with E-state index in [2.05, 4.69) is 22.3 Å². The Balaban J connectivity index is 1.22. The van der Waals surface area contributed by atoms with Crippen molar-refractivity contribution in [2.24, 2.45) is 5.92 Å². The zero-order valence-corrected chi connectivity index (χ0v) is 17.9. The fraction of sp³-hybridized carbons (Fsp3) is 0.440. The summed E-state index contributed by atoms with van der Waals surface area (Å²) in [7, 11) is 0. The zero-order chi connectivity index (χ0) is 21.2. The highest BCUT2D eigenvalue weighted by molar-refractivity contribution is 5.97. The van der Waals surface area contributed by atoms with E-state index in [1.807, 2.05) is 52.6 Å². The number of piperazine rings is 1. The number of amides is 2. The van der Waals surface area contributed by atoms with Crippen molar-refractivity contribution in [2.45, 2.75) is 38.3 Å². The molecular formula is C25H30N4O2. The minimum Gasteiger partial charge on any atom is -0.366 e. The summed E-state index contributed by atoms with van der Waals surface area (Å²) >= 11 is 0. The molecule has 5 rings (SSSR count). The van der Waals surface area contributed by atoms with Crippen molar-refractivity contribution in [1.82, 2.24) is 20.0 Å². The molecule has 162 valence electrons. The lowest BCUT2D eigenvalue weighted by molar-refractivity contribution is -0.141. The molecule has 1 N–H and O–H groups in total. The molecule has 1 saturated heterocycles. The van der Waals surface area contributed by atoms with E-state index < -0.39 is 0 Å². The van der Waals surface area contributed by atoms with Crippen LogP contribution in [0.4, 0.5) is 0 Å². The van der Waals surface area contributed by atoms with Crippen molar-refractivity contribution >= 4 is 17.5 Å². The minimum atomic E-state index is 0.0386. The smallest absolute Gasteiger partial charge is 0.255 e. The number of nitrogens with zero attached hydrogens (tertiary/aromatic N) is 3. The second kappa shape index (κ2) is 8.61. The summed E-state index contributed by atoms with van der Waals surface area (Å²) in [6.07, 6.45) is 13.6. The first-order chi connectivity index (χ1) is 15.2. The SMILES string of the molecule is O=C(C1=CN2C(c3ccccc3)=CNC2C=C1)N1CCN(C(=O)C2CCCCC2)CC1. The van der Waals surface area contributed by atoms with Crippen LogP contribution in [0.5, 0.6) is 0 Å². The Morgan fingerprint density at radius 1 is 0.903 bits per heavy atom. The molecule has 1 unspecified atom stereocenters. The summed E-state index contributed by atoms with van der Waals surface area (Å²) in [5.41, 5.74) is 2.86.